The summed E-state index contributed by atoms with van der Waals surface area (Å²) in [6.07, 6.45) is 0. The molecule has 6 heteroatoms. The lowest BCUT2D eigenvalue weighted by atomic mass is 10.2. The first-order valence-corrected chi connectivity index (χ1v) is 7.02. The van der Waals surface area contributed by atoms with E-state index >= 15 is 0 Å². The lowest BCUT2D eigenvalue weighted by Gasteiger charge is -2.05. The maximum atomic E-state index is 11.6. The Labute approximate surface area is 132 Å². The summed E-state index contributed by atoms with van der Waals surface area (Å²) < 4.78 is 15.8. The Balaban J connectivity index is 1.49. The molecule has 0 aliphatic rings. The molecule has 1 aromatic heterocycles. The van der Waals surface area contributed by atoms with Gasteiger partial charge in [-0.2, -0.15) is 0 Å². The van der Waals surface area contributed by atoms with Crippen LogP contribution in [0.15, 0.2) is 65.1 Å². The molecule has 0 radical (unpaired) electrons. The monoisotopic (exact) mass is 310 g/mol. The van der Waals surface area contributed by atoms with Crippen LogP contribution in [0.5, 0.6) is 5.75 Å². The summed E-state index contributed by atoms with van der Waals surface area (Å²) in [4.78, 5) is 11.6. The fraction of sp³-hybridized carbons (Fsp3) is 0.118. The molecule has 0 bridgehead atoms. The molecule has 0 aliphatic heterocycles. The minimum absolute atomic E-state index is 0.0865. The van der Waals surface area contributed by atoms with Crippen molar-refractivity contribution in [1.82, 2.24) is 10.2 Å². The van der Waals surface area contributed by atoms with E-state index in [1.165, 1.54) is 0 Å². The average Bonchev–Trinajstić information content (AvgIpc) is 3.09. The van der Waals surface area contributed by atoms with Crippen LogP contribution in [0.25, 0.3) is 11.5 Å². The molecule has 116 valence electrons. The number of benzene rings is 2. The number of carbonyl (C=O) groups is 1. The molecule has 2 aromatic carbocycles. The third-order valence-corrected chi connectivity index (χ3v) is 2.94. The van der Waals surface area contributed by atoms with Crippen molar-refractivity contribution in [3.63, 3.8) is 0 Å². The van der Waals surface area contributed by atoms with Gasteiger partial charge in [0.05, 0.1) is 0 Å². The van der Waals surface area contributed by atoms with Crippen molar-refractivity contribution < 1.29 is 18.7 Å². The Bertz CT molecular complexity index is 757. The van der Waals surface area contributed by atoms with Crippen molar-refractivity contribution in [2.45, 2.75) is 6.61 Å². The molecule has 3 aromatic rings. The SMILES string of the molecule is O=C(COc1ccccc1)OCc1nnc(-c2ccccc2)o1. The van der Waals surface area contributed by atoms with E-state index in [0.717, 1.165) is 5.56 Å². The average molecular weight is 310 g/mol. The Morgan fingerprint density at radius 1 is 0.957 bits per heavy atom. The fourth-order valence-corrected chi connectivity index (χ4v) is 1.85. The number of hydrogen-bond donors (Lipinski definition) is 0. The van der Waals surface area contributed by atoms with E-state index in [2.05, 4.69) is 10.2 Å². The highest BCUT2D eigenvalue weighted by molar-refractivity contribution is 5.71. The van der Waals surface area contributed by atoms with Gasteiger partial charge >= 0.3 is 5.97 Å². The quantitative estimate of drug-likeness (QED) is 0.652. The van der Waals surface area contributed by atoms with Crippen molar-refractivity contribution >= 4 is 5.97 Å². The van der Waals surface area contributed by atoms with Crippen LogP contribution in [0.4, 0.5) is 0 Å². The first kappa shape index (κ1) is 14.8. The van der Waals surface area contributed by atoms with Crippen LogP contribution in [-0.4, -0.2) is 22.8 Å². The molecular weight excluding hydrogens is 296 g/mol. The highest BCUT2D eigenvalue weighted by Gasteiger charge is 2.11. The van der Waals surface area contributed by atoms with E-state index in [0.29, 0.717) is 11.6 Å². The molecule has 6 nitrogen and oxygen atoms in total. The number of para-hydroxylation sites is 1. The molecule has 0 amide bonds. The summed E-state index contributed by atoms with van der Waals surface area (Å²) in [5.74, 6) is 0.719. The van der Waals surface area contributed by atoms with Crippen molar-refractivity contribution in [3.8, 4) is 17.2 Å². The molecule has 0 fully saturated rings. The Hall–Kier alpha value is -3.15. The normalized spacial score (nSPS) is 10.3. The second kappa shape index (κ2) is 7.22. The van der Waals surface area contributed by atoms with Crippen LogP contribution >= 0.6 is 0 Å². The number of ether oxygens (including phenoxy) is 2. The number of carbonyl (C=O) groups excluding carboxylic acids is 1. The number of rotatable bonds is 6. The smallest absolute Gasteiger partial charge is 0.344 e. The first-order valence-electron chi connectivity index (χ1n) is 7.02. The Morgan fingerprint density at radius 2 is 1.65 bits per heavy atom. The van der Waals surface area contributed by atoms with Crippen molar-refractivity contribution in [3.05, 3.63) is 66.6 Å². The topological polar surface area (TPSA) is 74.5 Å². The molecule has 0 unspecified atom stereocenters. The summed E-state index contributed by atoms with van der Waals surface area (Å²) in [5.41, 5.74) is 0.810. The lowest BCUT2D eigenvalue weighted by molar-refractivity contribution is -0.148. The summed E-state index contributed by atoms with van der Waals surface area (Å²) in [5, 5.41) is 7.77. The third-order valence-electron chi connectivity index (χ3n) is 2.94. The molecule has 3 rings (SSSR count). The second-order valence-electron chi connectivity index (χ2n) is 4.63. The van der Waals surface area contributed by atoms with Crippen molar-refractivity contribution in [2.24, 2.45) is 0 Å². The molecule has 0 aliphatic carbocycles. The van der Waals surface area contributed by atoms with Crippen molar-refractivity contribution in [2.75, 3.05) is 6.61 Å². The number of nitrogens with zero attached hydrogens (tertiary/aromatic N) is 2. The zero-order valence-electron chi connectivity index (χ0n) is 12.2. The van der Waals surface area contributed by atoms with Gasteiger partial charge < -0.3 is 13.9 Å². The van der Waals surface area contributed by atoms with E-state index in [1.54, 1.807) is 12.1 Å². The van der Waals surface area contributed by atoms with Gasteiger partial charge in [-0.1, -0.05) is 36.4 Å². The standard InChI is InChI=1S/C17H14N2O4/c20-16(12-21-14-9-5-2-6-10-14)22-11-15-18-19-17(23-15)13-7-3-1-4-8-13/h1-10H,11-12H2. The minimum atomic E-state index is -0.506. The maximum absolute atomic E-state index is 11.6. The van der Waals surface area contributed by atoms with Crippen LogP contribution in [-0.2, 0) is 16.1 Å². The van der Waals surface area contributed by atoms with Gasteiger partial charge in [-0.15, -0.1) is 10.2 Å². The number of hydrogen-bond acceptors (Lipinski definition) is 6. The molecular formula is C17H14N2O4. The summed E-state index contributed by atoms with van der Waals surface area (Å²) >= 11 is 0. The van der Waals surface area contributed by atoms with Gasteiger partial charge in [0, 0.05) is 5.56 Å². The molecule has 0 N–H and O–H groups in total. The predicted molar refractivity (Wildman–Crippen MR) is 81.5 cm³/mol. The largest absolute Gasteiger partial charge is 0.482 e. The van der Waals surface area contributed by atoms with Gasteiger partial charge in [0.1, 0.15) is 5.75 Å². The van der Waals surface area contributed by atoms with Crippen molar-refractivity contribution in [1.29, 1.82) is 0 Å². The van der Waals surface area contributed by atoms with Crippen LogP contribution in [0.2, 0.25) is 0 Å². The second-order valence-corrected chi connectivity index (χ2v) is 4.63. The number of esters is 1. The summed E-state index contributed by atoms with van der Waals surface area (Å²) in [6.45, 7) is -0.263. The molecule has 23 heavy (non-hydrogen) atoms. The molecule has 0 atom stereocenters. The van der Waals surface area contributed by atoms with E-state index < -0.39 is 5.97 Å². The van der Waals surface area contributed by atoms with E-state index in [4.69, 9.17) is 13.9 Å². The van der Waals surface area contributed by atoms with Gasteiger partial charge in [-0.05, 0) is 24.3 Å². The molecule has 0 spiro atoms. The zero-order chi connectivity index (χ0) is 15.9. The van der Waals surface area contributed by atoms with E-state index in [-0.39, 0.29) is 19.1 Å². The van der Waals surface area contributed by atoms with Gasteiger partial charge in [0.15, 0.2) is 13.2 Å². The van der Waals surface area contributed by atoms with Gasteiger partial charge in [-0.25, -0.2) is 4.79 Å². The fourth-order valence-electron chi connectivity index (χ4n) is 1.85. The molecule has 0 saturated heterocycles. The van der Waals surface area contributed by atoms with Gasteiger partial charge in [0.25, 0.3) is 5.89 Å². The van der Waals surface area contributed by atoms with Crippen LogP contribution in [0, 0.1) is 0 Å². The highest BCUT2D eigenvalue weighted by atomic mass is 16.6. The third kappa shape index (κ3) is 4.16. The summed E-state index contributed by atoms with van der Waals surface area (Å²) in [6, 6.07) is 18.4. The highest BCUT2D eigenvalue weighted by Crippen LogP contribution is 2.17. The first-order chi connectivity index (χ1) is 11.3. The number of aromatic nitrogens is 2. The van der Waals surface area contributed by atoms with E-state index in [1.807, 2.05) is 48.5 Å². The minimum Gasteiger partial charge on any atom is -0.482 e. The maximum Gasteiger partial charge on any atom is 0.344 e. The van der Waals surface area contributed by atoms with Gasteiger partial charge in [0.2, 0.25) is 5.89 Å². The molecule has 1 heterocycles. The summed E-state index contributed by atoms with van der Waals surface area (Å²) in [7, 11) is 0. The van der Waals surface area contributed by atoms with Crippen LogP contribution < -0.4 is 4.74 Å². The predicted octanol–water partition coefficient (Wildman–Crippen LogP) is 2.86. The Kier molecular flexibility index (Phi) is 4.63. The van der Waals surface area contributed by atoms with Crippen LogP contribution in [0.1, 0.15) is 5.89 Å². The van der Waals surface area contributed by atoms with E-state index in [9.17, 15) is 4.79 Å². The Morgan fingerprint density at radius 3 is 2.39 bits per heavy atom. The lowest BCUT2D eigenvalue weighted by Crippen LogP contribution is -2.14. The molecule has 0 saturated carbocycles. The zero-order valence-corrected chi connectivity index (χ0v) is 12.2. The van der Waals surface area contributed by atoms with Crippen LogP contribution in [0.3, 0.4) is 0 Å². The van der Waals surface area contributed by atoms with Gasteiger partial charge in [-0.3, -0.25) is 0 Å².